The Labute approximate surface area is 162 Å². The van der Waals surface area contributed by atoms with E-state index in [1.165, 1.54) is 0 Å². The van der Waals surface area contributed by atoms with Crippen LogP contribution >= 0.6 is 11.3 Å². The molecular weight excluding hydrogens is 356 g/mol. The normalized spacial score (nSPS) is 15.9. The Hall–Kier alpha value is -2.92. The first kappa shape index (κ1) is 17.5. The molecule has 2 heterocycles. The molecule has 1 aliphatic heterocycles. The number of benzene rings is 2. The Morgan fingerprint density at radius 2 is 1.70 bits per heavy atom. The predicted molar refractivity (Wildman–Crippen MR) is 106 cm³/mol. The lowest BCUT2D eigenvalue weighted by atomic mass is 9.92. The summed E-state index contributed by atoms with van der Waals surface area (Å²) in [6.45, 7) is 0.934. The summed E-state index contributed by atoms with van der Waals surface area (Å²) in [6, 6.07) is 20.6. The largest absolute Gasteiger partial charge is 0.349 e. The molecule has 3 aromatic rings. The summed E-state index contributed by atoms with van der Waals surface area (Å²) in [6.07, 6.45) is 0.533. The fraction of sp³-hybridized carbons (Fsp3) is 0.182. The standard InChI is InChI=1S/C22H20N2O2S/c25-21(23-14-19-11-6-12-27-19)20-13-17-9-4-5-10-18(17)15-24(20)22(26)16-7-2-1-3-8-16/h1-12,20H,13-15H2,(H,23,25). The van der Waals surface area contributed by atoms with Crippen molar-refractivity contribution in [1.82, 2.24) is 10.2 Å². The van der Waals surface area contributed by atoms with Crippen molar-refractivity contribution in [2.75, 3.05) is 0 Å². The van der Waals surface area contributed by atoms with Gasteiger partial charge >= 0.3 is 0 Å². The molecule has 1 unspecified atom stereocenters. The van der Waals surface area contributed by atoms with Gasteiger partial charge in [0.25, 0.3) is 5.91 Å². The Balaban J connectivity index is 1.59. The van der Waals surface area contributed by atoms with Gasteiger partial charge < -0.3 is 10.2 Å². The van der Waals surface area contributed by atoms with E-state index in [1.54, 1.807) is 28.4 Å². The first-order valence-electron chi connectivity index (χ1n) is 8.95. The molecule has 2 aromatic carbocycles. The summed E-state index contributed by atoms with van der Waals surface area (Å²) < 4.78 is 0. The highest BCUT2D eigenvalue weighted by molar-refractivity contribution is 7.09. The molecular formula is C22H20N2O2S. The van der Waals surface area contributed by atoms with Crippen molar-refractivity contribution in [2.24, 2.45) is 0 Å². The quantitative estimate of drug-likeness (QED) is 0.756. The zero-order valence-corrected chi connectivity index (χ0v) is 15.6. The molecule has 0 spiro atoms. The van der Waals surface area contributed by atoms with E-state index >= 15 is 0 Å². The third kappa shape index (κ3) is 3.78. The average Bonchev–Trinajstić information content (AvgIpc) is 3.25. The van der Waals surface area contributed by atoms with Gasteiger partial charge in [-0.25, -0.2) is 0 Å². The van der Waals surface area contributed by atoms with Gasteiger partial charge in [-0.05, 0) is 34.7 Å². The van der Waals surface area contributed by atoms with Gasteiger partial charge in [-0.2, -0.15) is 0 Å². The Morgan fingerprint density at radius 3 is 2.44 bits per heavy atom. The minimum Gasteiger partial charge on any atom is -0.349 e. The smallest absolute Gasteiger partial charge is 0.254 e. The van der Waals surface area contributed by atoms with Crippen LogP contribution in [0.4, 0.5) is 0 Å². The van der Waals surface area contributed by atoms with Gasteiger partial charge in [-0.1, -0.05) is 48.5 Å². The molecule has 0 saturated heterocycles. The van der Waals surface area contributed by atoms with Crippen LogP contribution in [0.5, 0.6) is 0 Å². The van der Waals surface area contributed by atoms with Gasteiger partial charge in [0.1, 0.15) is 6.04 Å². The summed E-state index contributed by atoms with van der Waals surface area (Å²) >= 11 is 1.61. The number of carbonyl (C=O) groups excluding carboxylic acids is 2. The lowest BCUT2D eigenvalue weighted by Crippen LogP contribution is -2.52. The maximum Gasteiger partial charge on any atom is 0.254 e. The van der Waals surface area contributed by atoms with Gasteiger partial charge in [0.2, 0.25) is 5.91 Å². The highest BCUT2D eigenvalue weighted by atomic mass is 32.1. The van der Waals surface area contributed by atoms with Crippen LogP contribution in [0, 0.1) is 0 Å². The molecule has 4 nitrogen and oxygen atoms in total. The molecule has 5 heteroatoms. The van der Waals surface area contributed by atoms with Crippen LogP contribution in [-0.4, -0.2) is 22.8 Å². The second-order valence-electron chi connectivity index (χ2n) is 6.58. The summed E-state index contributed by atoms with van der Waals surface area (Å²) in [4.78, 5) is 28.8. The molecule has 136 valence electrons. The second-order valence-corrected chi connectivity index (χ2v) is 7.62. The lowest BCUT2D eigenvalue weighted by Gasteiger charge is -2.36. The Bertz CT molecular complexity index is 938. The lowest BCUT2D eigenvalue weighted by molar-refractivity contribution is -0.126. The highest BCUT2D eigenvalue weighted by Crippen LogP contribution is 2.25. The van der Waals surface area contributed by atoms with E-state index in [0.29, 0.717) is 25.1 Å². The van der Waals surface area contributed by atoms with Gasteiger partial charge in [-0.15, -0.1) is 11.3 Å². The highest BCUT2D eigenvalue weighted by Gasteiger charge is 2.34. The number of fused-ring (bicyclic) bond motifs is 1. The van der Waals surface area contributed by atoms with Crippen LogP contribution in [0.25, 0.3) is 0 Å². The molecule has 1 aliphatic rings. The Morgan fingerprint density at radius 1 is 0.963 bits per heavy atom. The zero-order valence-electron chi connectivity index (χ0n) is 14.8. The maximum absolute atomic E-state index is 13.1. The van der Waals surface area contributed by atoms with Crippen LogP contribution in [0.15, 0.2) is 72.1 Å². The fourth-order valence-electron chi connectivity index (χ4n) is 3.42. The maximum atomic E-state index is 13.1. The van der Waals surface area contributed by atoms with E-state index in [4.69, 9.17) is 0 Å². The van der Waals surface area contributed by atoms with E-state index in [-0.39, 0.29) is 11.8 Å². The van der Waals surface area contributed by atoms with Crippen molar-refractivity contribution in [1.29, 1.82) is 0 Å². The third-order valence-electron chi connectivity index (χ3n) is 4.85. The number of hydrogen-bond acceptors (Lipinski definition) is 3. The van der Waals surface area contributed by atoms with E-state index in [1.807, 2.05) is 60.0 Å². The molecule has 0 radical (unpaired) electrons. The summed E-state index contributed by atoms with van der Waals surface area (Å²) in [5.74, 6) is -0.219. The molecule has 1 aromatic heterocycles. The minimum atomic E-state index is -0.507. The van der Waals surface area contributed by atoms with Crippen LogP contribution in [-0.2, 0) is 24.3 Å². The van der Waals surface area contributed by atoms with Crippen molar-refractivity contribution in [3.63, 3.8) is 0 Å². The van der Waals surface area contributed by atoms with E-state index < -0.39 is 6.04 Å². The zero-order chi connectivity index (χ0) is 18.6. The number of rotatable bonds is 4. The first-order valence-corrected chi connectivity index (χ1v) is 9.83. The molecule has 0 saturated carbocycles. The fourth-order valence-corrected chi connectivity index (χ4v) is 4.07. The number of carbonyl (C=O) groups is 2. The molecule has 2 amide bonds. The molecule has 0 aliphatic carbocycles. The van der Waals surface area contributed by atoms with Crippen molar-refractivity contribution < 1.29 is 9.59 Å². The number of nitrogens with zero attached hydrogens (tertiary/aromatic N) is 1. The number of hydrogen-bond donors (Lipinski definition) is 1. The van der Waals surface area contributed by atoms with Gasteiger partial charge in [-0.3, -0.25) is 9.59 Å². The SMILES string of the molecule is O=C(NCc1cccs1)C1Cc2ccccc2CN1C(=O)c1ccccc1. The van der Waals surface area contributed by atoms with E-state index in [0.717, 1.165) is 16.0 Å². The van der Waals surface area contributed by atoms with Crippen molar-refractivity contribution in [2.45, 2.75) is 25.6 Å². The number of amides is 2. The molecule has 27 heavy (non-hydrogen) atoms. The average molecular weight is 376 g/mol. The minimum absolute atomic E-state index is 0.109. The third-order valence-corrected chi connectivity index (χ3v) is 5.73. The molecule has 1 atom stereocenters. The number of nitrogens with one attached hydrogen (secondary N) is 1. The van der Waals surface area contributed by atoms with Crippen LogP contribution in [0.3, 0.4) is 0 Å². The molecule has 1 N–H and O–H groups in total. The van der Waals surface area contributed by atoms with Crippen LogP contribution in [0.1, 0.15) is 26.4 Å². The first-order chi connectivity index (χ1) is 13.2. The van der Waals surface area contributed by atoms with Crippen LogP contribution in [0.2, 0.25) is 0 Å². The van der Waals surface area contributed by atoms with Crippen molar-refractivity contribution >= 4 is 23.2 Å². The molecule has 0 bridgehead atoms. The van der Waals surface area contributed by atoms with E-state index in [2.05, 4.69) is 5.32 Å². The predicted octanol–water partition coefficient (Wildman–Crippen LogP) is 3.63. The topological polar surface area (TPSA) is 49.4 Å². The van der Waals surface area contributed by atoms with Gasteiger partial charge in [0.15, 0.2) is 0 Å². The monoisotopic (exact) mass is 376 g/mol. The van der Waals surface area contributed by atoms with Crippen molar-refractivity contribution in [3.8, 4) is 0 Å². The molecule has 4 rings (SSSR count). The molecule has 0 fully saturated rings. The summed E-state index contributed by atoms with van der Waals surface area (Å²) in [5.41, 5.74) is 2.84. The summed E-state index contributed by atoms with van der Waals surface area (Å²) in [5, 5.41) is 4.99. The van der Waals surface area contributed by atoms with E-state index in [9.17, 15) is 9.59 Å². The van der Waals surface area contributed by atoms with Gasteiger partial charge in [0.05, 0.1) is 6.54 Å². The Kier molecular flexibility index (Phi) is 5.03. The van der Waals surface area contributed by atoms with Gasteiger partial charge in [0, 0.05) is 23.4 Å². The summed E-state index contributed by atoms with van der Waals surface area (Å²) in [7, 11) is 0. The second kappa shape index (κ2) is 7.76. The number of thiophene rings is 1. The van der Waals surface area contributed by atoms with Crippen molar-refractivity contribution in [3.05, 3.63) is 93.7 Å². The van der Waals surface area contributed by atoms with Crippen LogP contribution < -0.4 is 5.32 Å².